The number of rotatable bonds is 3. The van der Waals surface area contributed by atoms with Crippen molar-refractivity contribution in [2.24, 2.45) is 0 Å². The monoisotopic (exact) mass is 362 g/mol. The molecular formula is C19H18N6O2. The summed E-state index contributed by atoms with van der Waals surface area (Å²) < 4.78 is 1.69. The number of amides is 1. The third-order valence-electron chi connectivity index (χ3n) is 5.07. The van der Waals surface area contributed by atoms with E-state index in [2.05, 4.69) is 20.0 Å². The fourth-order valence-electron chi connectivity index (χ4n) is 3.65. The molecule has 0 radical (unpaired) electrons. The largest absolute Gasteiger partial charge is 0.504 e. The summed E-state index contributed by atoms with van der Waals surface area (Å²) in [5.74, 6) is 0.774. The van der Waals surface area contributed by atoms with Crippen molar-refractivity contribution in [2.45, 2.75) is 19.4 Å². The molecule has 1 saturated heterocycles. The van der Waals surface area contributed by atoms with Crippen LogP contribution in [-0.2, 0) is 6.54 Å². The highest BCUT2D eigenvalue weighted by Crippen LogP contribution is 2.33. The number of anilines is 2. The van der Waals surface area contributed by atoms with E-state index in [9.17, 15) is 9.90 Å². The van der Waals surface area contributed by atoms with Crippen molar-refractivity contribution in [1.82, 2.24) is 19.7 Å². The number of hydrogen-bond donors (Lipinski definition) is 1. The van der Waals surface area contributed by atoms with E-state index in [4.69, 9.17) is 0 Å². The fraction of sp³-hybridized carbons (Fsp3) is 0.263. The zero-order valence-electron chi connectivity index (χ0n) is 14.6. The predicted octanol–water partition coefficient (Wildman–Crippen LogP) is 2.13. The van der Waals surface area contributed by atoms with Crippen LogP contribution in [0.3, 0.4) is 0 Å². The molecule has 1 N–H and O–H groups in total. The zero-order valence-corrected chi connectivity index (χ0v) is 14.6. The molecule has 3 aromatic rings. The molecule has 1 amide bonds. The molecule has 0 saturated carbocycles. The Hall–Kier alpha value is -3.42. The Morgan fingerprint density at radius 2 is 1.93 bits per heavy atom. The van der Waals surface area contributed by atoms with Crippen LogP contribution < -0.4 is 9.80 Å². The smallest absolute Gasteiger partial charge is 0.262 e. The van der Waals surface area contributed by atoms with E-state index in [1.165, 1.54) is 23.9 Å². The molecule has 0 spiro atoms. The van der Waals surface area contributed by atoms with Crippen LogP contribution in [0.25, 0.3) is 5.69 Å². The summed E-state index contributed by atoms with van der Waals surface area (Å²) in [6, 6.07) is 5.59. The Morgan fingerprint density at radius 1 is 1.07 bits per heavy atom. The van der Waals surface area contributed by atoms with Gasteiger partial charge in [0.1, 0.15) is 5.82 Å². The van der Waals surface area contributed by atoms with Gasteiger partial charge in [-0.3, -0.25) is 14.7 Å². The van der Waals surface area contributed by atoms with E-state index in [1.54, 1.807) is 29.3 Å². The van der Waals surface area contributed by atoms with E-state index >= 15 is 0 Å². The summed E-state index contributed by atoms with van der Waals surface area (Å²) in [6.07, 6.45) is 8.80. The van der Waals surface area contributed by atoms with Gasteiger partial charge in [-0.2, -0.15) is 5.10 Å². The molecule has 0 aromatic carbocycles. The molecule has 136 valence electrons. The maximum Gasteiger partial charge on any atom is 0.262 e. The number of pyridine rings is 2. The molecule has 0 bridgehead atoms. The zero-order chi connectivity index (χ0) is 18.4. The average molecular weight is 362 g/mol. The van der Waals surface area contributed by atoms with Gasteiger partial charge in [-0.1, -0.05) is 0 Å². The molecule has 1 fully saturated rings. The second kappa shape index (κ2) is 6.08. The van der Waals surface area contributed by atoms with Crippen molar-refractivity contribution in [1.29, 1.82) is 0 Å². The van der Waals surface area contributed by atoms with Crippen molar-refractivity contribution in [2.75, 3.05) is 22.9 Å². The minimum atomic E-state index is -0.181. The highest BCUT2D eigenvalue weighted by Gasteiger charge is 2.33. The first-order chi connectivity index (χ1) is 13.2. The summed E-state index contributed by atoms with van der Waals surface area (Å²) in [4.78, 5) is 24.9. The van der Waals surface area contributed by atoms with Crippen molar-refractivity contribution in [3.05, 3.63) is 54.2 Å². The minimum Gasteiger partial charge on any atom is -0.504 e. The molecule has 2 aliphatic heterocycles. The van der Waals surface area contributed by atoms with E-state index in [1.807, 2.05) is 12.1 Å². The van der Waals surface area contributed by atoms with Crippen LogP contribution in [0.2, 0.25) is 0 Å². The first-order valence-electron chi connectivity index (χ1n) is 8.95. The molecular weight excluding hydrogens is 344 g/mol. The van der Waals surface area contributed by atoms with Crippen LogP contribution in [-0.4, -0.2) is 43.9 Å². The first-order valence-corrected chi connectivity index (χ1v) is 8.95. The lowest BCUT2D eigenvalue weighted by molar-refractivity contribution is 0.0995. The molecule has 0 unspecified atom stereocenters. The second-order valence-electron chi connectivity index (χ2n) is 6.76. The van der Waals surface area contributed by atoms with Crippen LogP contribution >= 0.6 is 0 Å². The summed E-state index contributed by atoms with van der Waals surface area (Å²) in [5.41, 5.74) is 2.48. The van der Waals surface area contributed by atoms with Gasteiger partial charge < -0.3 is 10.0 Å². The second-order valence-corrected chi connectivity index (χ2v) is 6.76. The maximum absolute atomic E-state index is 12.7. The van der Waals surface area contributed by atoms with Gasteiger partial charge in [-0.15, -0.1) is 0 Å². The van der Waals surface area contributed by atoms with Crippen LogP contribution in [0.4, 0.5) is 11.5 Å². The fourth-order valence-corrected chi connectivity index (χ4v) is 3.65. The molecule has 5 heterocycles. The van der Waals surface area contributed by atoms with Gasteiger partial charge in [0.05, 0.1) is 41.6 Å². The van der Waals surface area contributed by atoms with E-state index in [0.717, 1.165) is 24.6 Å². The van der Waals surface area contributed by atoms with Crippen molar-refractivity contribution >= 4 is 17.4 Å². The summed E-state index contributed by atoms with van der Waals surface area (Å²) in [6.45, 7) is 2.42. The topological polar surface area (TPSA) is 87.4 Å². The molecule has 5 rings (SSSR count). The third kappa shape index (κ3) is 2.61. The van der Waals surface area contributed by atoms with Crippen molar-refractivity contribution in [3.8, 4) is 11.4 Å². The molecule has 27 heavy (non-hydrogen) atoms. The van der Waals surface area contributed by atoms with Gasteiger partial charge in [0.25, 0.3) is 5.91 Å². The van der Waals surface area contributed by atoms with E-state index in [-0.39, 0.29) is 11.7 Å². The van der Waals surface area contributed by atoms with Crippen molar-refractivity contribution < 1.29 is 9.90 Å². The van der Waals surface area contributed by atoms with Gasteiger partial charge >= 0.3 is 0 Å². The quantitative estimate of drug-likeness (QED) is 0.768. The maximum atomic E-state index is 12.7. The van der Waals surface area contributed by atoms with Crippen molar-refractivity contribution in [3.63, 3.8) is 0 Å². The Morgan fingerprint density at radius 3 is 2.63 bits per heavy atom. The summed E-state index contributed by atoms with van der Waals surface area (Å²) in [7, 11) is 0. The Labute approximate surface area is 155 Å². The Kier molecular flexibility index (Phi) is 3.56. The van der Waals surface area contributed by atoms with Gasteiger partial charge in [-0.05, 0) is 31.0 Å². The van der Waals surface area contributed by atoms with Crippen LogP contribution in [0, 0.1) is 0 Å². The molecule has 0 aliphatic carbocycles. The predicted molar refractivity (Wildman–Crippen MR) is 99.2 cm³/mol. The number of fused-ring (bicyclic) bond motifs is 1. The highest BCUT2D eigenvalue weighted by atomic mass is 16.3. The normalized spacial score (nSPS) is 16.2. The number of nitrogens with zero attached hydrogens (tertiary/aromatic N) is 6. The third-order valence-corrected chi connectivity index (χ3v) is 5.07. The number of aromatic hydroxyl groups is 1. The van der Waals surface area contributed by atoms with Crippen LogP contribution in [0.5, 0.6) is 5.75 Å². The molecule has 2 aliphatic rings. The number of aromatic nitrogens is 4. The molecule has 3 aromatic heterocycles. The lowest BCUT2D eigenvalue weighted by Crippen LogP contribution is -2.24. The first kappa shape index (κ1) is 15.8. The Balaban J connectivity index is 1.40. The van der Waals surface area contributed by atoms with Gasteiger partial charge in [0.15, 0.2) is 5.75 Å². The number of hydrogen-bond acceptors (Lipinski definition) is 6. The van der Waals surface area contributed by atoms with Crippen LogP contribution in [0.1, 0.15) is 28.9 Å². The van der Waals surface area contributed by atoms with E-state index < -0.39 is 0 Å². The SMILES string of the molecule is O=C1c2cn(-c3ccc(N4CCCC4)nc3)nc2CN1c1ccncc1O. The van der Waals surface area contributed by atoms with Crippen LogP contribution in [0.15, 0.2) is 43.0 Å². The summed E-state index contributed by atoms with van der Waals surface area (Å²) in [5, 5.41) is 14.5. The number of carbonyl (C=O) groups excluding carboxylic acids is 1. The van der Waals surface area contributed by atoms with Gasteiger partial charge in [-0.25, -0.2) is 9.67 Å². The minimum absolute atomic E-state index is 0.0226. The lowest BCUT2D eigenvalue weighted by atomic mass is 10.3. The highest BCUT2D eigenvalue weighted by molar-refractivity contribution is 6.10. The summed E-state index contributed by atoms with van der Waals surface area (Å²) >= 11 is 0. The van der Waals surface area contributed by atoms with Gasteiger partial charge in [0, 0.05) is 25.5 Å². The Bertz CT molecular complexity index is 1010. The lowest BCUT2D eigenvalue weighted by Gasteiger charge is -2.17. The average Bonchev–Trinajstić information content (AvgIpc) is 3.41. The molecule has 0 atom stereocenters. The van der Waals surface area contributed by atoms with E-state index in [0.29, 0.717) is 23.5 Å². The molecule has 8 heteroatoms. The number of carbonyl (C=O) groups is 1. The molecule has 8 nitrogen and oxygen atoms in total. The standard InChI is InChI=1S/C19H18N6O2/c26-17-10-20-6-5-16(17)24-12-15-14(19(24)27)11-25(22-15)13-3-4-18(21-9-13)23-7-1-2-8-23/h3-6,9-11,26H,1-2,7-8,12H2. The van der Waals surface area contributed by atoms with Gasteiger partial charge in [0.2, 0.25) is 0 Å².